The van der Waals surface area contributed by atoms with Gasteiger partial charge < -0.3 is 18.6 Å². The van der Waals surface area contributed by atoms with Crippen LogP contribution in [0, 0.1) is 0 Å². The smallest absolute Gasteiger partial charge is 0.357 e. The molecule has 25 heavy (non-hydrogen) atoms. The molecule has 1 aromatic carbocycles. The predicted octanol–water partition coefficient (Wildman–Crippen LogP) is 3.21. The highest BCUT2D eigenvalue weighted by atomic mass is 16.5. The normalized spacial score (nSPS) is 10.8. The van der Waals surface area contributed by atoms with E-state index in [9.17, 15) is 9.59 Å². The van der Waals surface area contributed by atoms with Gasteiger partial charge in [0.2, 0.25) is 0 Å². The van der Waals surface area contributed by atoms with E-state index in [2.05, 4.69) is 0 Å². The molecular weight excluding hydrogens is 320 g/mol. The molecule has 0 N–H and O–H groups in total. The molecule has 0 atom stereocenters. The molecule has 0 radical (unpaired) electrons. The Balaban J connectivity index is 2.39. The summed E-state index contributed by atoms with van der Waals surface area (Å²) >= 11 is 0. The van der Waals surface area contributed by atoms with Gasteiger partial charge in [0, 0.05) is 17.8 Å². The molecule has 0 bridgehead atoms. The molecule has 0 aliphatic rings. The zero-order valence-corrected chi connectivity index (χ0v) is 14.5. The van der Waals surface area contributed by atoms with Crippen molar-refractivity contribution in [2.75, 3.05) is 13.7 Å². The van der Waals surface area contributed by atoms with Gasteiger partial charge in [-0.1, -0.05) is 0 Å². The van der Waals surface area contributed by atoms with Crippen molar-refractivity contribution in [3.8, 4) is 11.4 Å². The summed E-state index contributed by atoms with van der Waals surface area (Å²) in [5.74, 6) is 0.177. The van der Waals surface area contributed by atoms with E-state index in [0.717, 1.165) is 10.9 Å². The third kappa shape index (κ3) is 3.03. The van der Waals surface area contributed by atoms with Gasteiger partial charge in [0.05, 0.1) is 31.5 Å². The lowest BCUT2D eigenvalue weighted by Crippen LogP contribution is -2.17. The van der Waals surface area contributed by atoms with Crippen LogP contribution in [0.25, 0.3) is 16.6 Å². The van der Waals surface area contributed by atoms with Gasteiger partial charge in [-0.25, -0.2) is 4.79 Å². The van der Waals surface area contributed by atoms with E-state index >= 15 is 0 Å². The minimum absolute atomic E-state index is 0.0441. The van der Waals surface area contributed by atoms with E-state index < -0.39 is 5.97 Å². The molecule has 3 rings (SSSR count). The fourth-order valence-corrected chi connectivity index (χ4v) is 2.98. The summed E-state index contributed by atoms with van der Waals surface area (Å²) in [4.78, 5) is 24.5. The summed E-state index contributed by atoms with van der Waals surface area (Å²) in [6.45, 7) is 3.61. The lowest BCUT2D eigenvalue weighted by molar-refractivity contribution is -0.117. The standard InChI is InChI=1S/C19H20N2O4/c1-4-25-19(23)18-17(20-9-5-6-10-20)15-11-14(24-3)7-8-16(15)21(18)12-13(2)22/h5-11H,4,12H2,1-3H3. The molecule has 6 nitrogen and oxygen atoms in total. The van der Waals surface area contributed by atoms with Gasteiger partial charge in [-0.3, -0.25) is 4.79 Å². The number of aromatic nitrogens is 2. The number of hydrogen-bond acceptors (Lipinski definition) is 4. The maximum Gasteiger partial charge on any atom is 0.357 e. The van der Waals surface area contributed by atoms with Crippen molar-refractivity contribution < 1.29 is 19.1 Å². The minimum atomic E-state index is -0.456. The number of carbonyl (C=O) groups is 2. The molecular formula is C19H20N2O4. The van der Waals surface area contributed by atoms with Crippen molar-refractivity contribution in [2.24, 2.45) is 0 Å². The van der Waals surface area contributed by atoms with Gasteiger partial charge in [0.25, 0.3) is 0 Å². The third-order valence-electron chi connectivity index (χ3n) is 3.96. The molecule has 0 aliphatic heterocycles. The number of rotatable bonds is 6. The molecule has 3 aromatic rings. The Kier molecular flexibility index (Phi) is 4.61. The number of benzene rings is 1. The zero-order valence-electron chi connectivity index (χ0n) is 14.5. The number of ketones is 1. The second kappa shape index (κ2) is 6.84. The highest BCUT2D eigenvalue weighted by Gasteiger charge is 2.25. The van der Waals surface area contributed by atoms with Crippen LogP contribution in [0.1, 0.15) is 24.3 Å². The van der Waals surface area contributed by atoms with Crippen LogP contribution < -0.4 is 4.74 Å². The summed E-state index contributed by atoms with van der Waals surface area (Å²) in [6.07, 6.45) is 3.71. The molecule has 0 saturated heterocycles. The maximum absolute atomic E-state index is 12.7. The molecule has 2 aromatic heterocycles. The lowest BCUT2D eigenvalue weighted by Gasteiger charge is -2.10. The fraction of sp³-hybridized carbons (Fsp3) is 0.263. The van der Waals surface area contributed by atoms with Crippen LogP contribution >= 0.6 is 0 Å². The molecule has 6 heteroatoms. The van der Waals surface area contributed by atoms with E-state index in [0.29, 0.717) is 17.1 Å². The van der Waals surface area contributed by atoms with E-state index in [1.54, 1.807) is 18.6 Å². The summed E-state index contributed by atoms with van der Waals surface area (Å²) in [7, 11) is 1.59. The van der Waals surface area contributed by atoms with Crippen LogP contribution in [0.2, 0.25) is 0 Å². The predicted molar refractivity (Wildman–Crippen MR) is 94.5 cm³/mol. The monoisotopic (exact) mass is 340 g/mol. The highest BCUT2D eigenvalue weighted by molar-refractivity contribution is 6.04. The summed E-state index contributed by atoms with van der Waals surface area (Å²) in [5.41, 5.74) is 1.82. The van der Waals surface area contributed by atoms with Crippen molar-refractivity contribution in [3.05, 3.63) is 48.4 Å². The van der Waals surface area contributed by atoms with Gasteiger partial charge in [0.1, 0.15) is 11.5 Å². The Bertz CT molecular complexity index is 923. The molecule has 2 heterocycles. The average Bonchev–Trinajstić information content (AvgIpc) is 3.20. The molecule has 0 amide bonds. The van der Waals surface area contributed by atoms with Crippen molar-refractivity contribution in [1.29, 1.82) is 0 Å². The lowest BCUT2D eigenvalue weighted by atomic mass is 10.2. The number of nitrogens with zero attached hydrogens (tertiary/aromatic N) is 2. The number of methoxy groups -OCH3 is 1. The third-order valence-corrected chi connectivity index (χ3v) is 3.96. The van der Waals surface area contributed by atoms with E-state index in [1.165, 1.54) is 6.92 Å². The van der Waals surface area contributed by atoms with Gasteiger partial charge in [0.15, 0.2) is 5.69 Å². The summed E-state index contributed by atoms with van der Waals surface area (Å²) < 4.78 is 14.2. The quantitative estimate of drug-likeness (QED) is 0.647. The van der Waals surface area contributed by atoms with Gasteiger partial charge >= 0.3 is 5.97 Å². The van der Waals surface area contributed by atoms with Crippen LogP contribution in [0.15, 0.2) is 42.7 Å². The second-order valence-corrected chi connectivity index (χ2v) is 5.68. The first-order valence-electron chi connectivity index (χ1n) is 8.07. The molecule has 0 fully saturated rings. The number of esters is 1. The molecule has 0 saturated carbocycles. The number of hydrogen-bond donors (Lipinski definition) is 0. The van der Waals surface area contributed by atoms with E-state index in [4.69, 9.17) is 9.47 Å². The largest absolute Gasteiger partial charge is 0.497 e. The topological polar surface area (TPSA) is 62.5 Å². The molecule has 0 unspecified atom stereocenters. The first kappa shape index (κ1) is 16.8. The van der Waals surface area contributed by atoms with Gasteiger partial charge in [-0.15, -0.1) is 0 Å². The van der Waals surface area contributed by atoms with Crippen molar-refractivity contribution >= 4 is 22.7 Å². The number of fused-ring (bicyclic) bond motifs is 1. The van der Waals surface area contributed by atoms with Crippen LogP contribution in [0.4, 0.5) is 0 Å². The Labute approximate surface area is 145 Å². The first-order chi connectivity index (χ1) is 12.1. The Morgan fingerprint density at radius 2 is 1.88 bits per heavy atom. The molecule has 130 valence electrons. The fourth-order valence-electron chi connectivity index (χ4n) is 2.98. The van der Waals surface area contributed by atoms with Crippen molar-refractivity contribution in [1.82, 2.24) is 9.13 Å². The van der Waals surface area contributed by atoms with Crippen LogP contribution in [-0.4, -0.2) is 34.6 Å². The van der Waals surface area contributed by atoms with Crippen molar-refractivity contribution in [2.45, 2.75) is 20.4 Å². The summed E-state index contributed by atoms with van der Waals surface area (Å²) in [6, 6.07) is 9.29. The minimum Gasteiger partial charge on any atom is -0.497 e. The number of ether oxygens (including phenoxy) is 2. The van der Waals surface area contributed by atoms with E-state index in [-0.39, 0.29) is 18.9 Å². The maximum atomic E-state index is 12.7. The Hall–Kier alpha value is -3.02. The number of Topliss-reactive ketones (excluding diaryl/α,β-unsaturated/α-hetero) is 1. The van der Waals surface area contributed by atoms with E-state index in [1.807, 2.05) is 47.3 Å². The van der Waals surface area contributed by atoms with Crippen molar-refractivity contribution in [3.63, 3.8) is 0 Å². The second-order valence-electron chi connectivity index (χ2n) is 5.68. The number of carbonyl (C=O) groups excluding carboxylic acids is 2. The molecule has 0 spiro atoms. The van der Waals surface area contributed by atoms with Gasteiger partial charge in [-0.05, 0) is 44.2 Å². The van der Waals surface area contributed by atoms with Crippen LogP contribution in [0.5, 0.6) is 5.75 Å². The Morgan fingerprint density at radius 1 is 1.16 bits per heavy atom. The zero-order chi connectivity index (χ0) is 18.0. The van der Waals surface area contributed by atoms with Gasteiger partial charge in [-0.2, -0.15) is 0 Å². The summed E-state index contributed by atoms with van der Waals surface area (Å²) in [5, 5.41) is 0.819. The Morgan fingerprint density at radius 3 is 2.48 bits per heavy atom. The SMILES string of the molecule is CCOC(=O)c1c(-n2cccc2)c2cc(OC)ccc2n1CC(C)=O. The average molecular weight is 340 g/mol. The van der Waals surface area contributed by atoms with Crippen LogP contribution in [-0.2, 0) is 16.1 Å². The molecule has 0 aliphatic carbocycles. The first-order valence-corrected chi connectivity index (χ1v) is 8.07. The highest BCUT2D eigenvalue weighted by Crippen LogP contribution is 2.33. The van der Waals surface area contributed by atoms with Crippen LogP contribution in [0.3, 0.4) is 0 Å².